The molecule has 2 heteroatoms. The van der Waals surface area contributed by atoms with Crippen LogP contribution >= 0.6 is 27.5 Å². The highest BCUT2D eigenvalue weighted by atomic mass is 79.9. The third-order valence-electron chi connectivity index (χ3n) is 1.13. The van der Waals surface area contributed by atoms with Crippen molar-refractivity contribution in [3.63, 3.8) is 0 Å². The van der Waals surface area contributed by atoms with E-state index >= 15 is 0 Å². The smallest absolute Gasteiger partial charge is 0.0259 e. The fraction of sp³-hybridized carbons (Fsp3) is 1.00. The average Bonchev–Trinajstić information content (AvgIpc) is 1.83. The number of hydrogen-bond acceptors (Lipinski definition) is 0. The van der Waals surface area contributed by atoms with Crippen molar-refractivity contribution >= 4 is 27.5 Å². The topological polar surface area (TPSA) is 0 Å². The van der Waals surface area contributed by atoms with E-state index in [0.717, 1.165) is 11.2 Å². The highest BCUT2D eigenvalue weighted by Crippen LogP contribution is 2.10. The molecule has 0 radical (unpaired) electrons. The fourth-order valence-electron chi connectivity index (χ4n) is 0.604. The van der Waals surface area contributed by atoms with Gasteiger partial charge in [-0.2, -0.15) is 0 Å². The van der Waals surface area contributed by atoms with E-state index in [4.69, 9.17) is 11.6 Å². The first-order chi connectivity index (χ1) is 3.85. The minimum absolute atomic E-state index is 0.682. The SMILES string of the molecule is CCCC(CCl)CBr. The quantitative estimate of drug-likeness (QED) is 0.611. The summed E-state index contributed by atoms with van der Waals surface area (Å²) in [4.78, 5) is 0. The van der Waals surface area contributed by atoms with Crippen LogP contribution in [0.5, 0.6) is 0 Å². The molecule has 50 valence electrons. The second kappa shape index (κ2) is 5.90. The minimum atomic E-state index is 0.682. The second-order valence-electron chi connectivity index (χ2n) is 1.96. The van der Waals surface area contributed by atoms with Gasteiger partial charge < -0.3 is 0 Å². The van der Waals surface area contributed by atoms with Gasteiger partial charge in [0, 0.05) is 11.2 Å². The Morgan fingerprint density at radius 1 is 1.62 bits per heavy atom. The third-order valence-corrected chi connectivity index (χ3v) is 2.49. The summed E-state index contributed by atoms with van der Waals surface area (Å²) < 4.78 is 0. The van der Waals surface area contributed by atoms with Gasteiger partial charge in [0.05, 0.1) is 0 Å². The van der Waals surface area contributed by atoms with Crippen LogP contribution in [0.2, 0.25) is 0 Å². The summed E-state index contributed by atoms with van der Waals surface area (Å²) in [6, 6.07) is 0. The maximum absolute atomic E-state index is 5.62. The number of halogens is 2. The molecule has 0 aliphatic rings. The molecule has 1 unspecified atom stereocenters. The van der Waals surface area contributed by atoms with Gasteiger partial charge in [-0.1, -0.05) is 29.3 Å². The molecule has 0 bridgehead atoms. The van der Waals surface area contributed by atoms with Crippen molar-refractivity contribution in [3.8, 4) is 0 Å². The molecular formula is C6H12BrCl. The van der Waals surface area contributed by atoms with E-state index in [1.54, 1.807) is 0 Å². The lowest BCUT2D eigenvalue weighted by atomic mass is 10.1. The van der Waals surface area contributed by atoms with Crippen LogP contribution in [-0.4, -0.2) is 11.2 Å². The highest BCUT2D eigenvalue weighted by molar-refractivity contribution is 9.09. The monoisotopic (exact) mass is 198 g/mol. The summed E-state index contributed by atoms with van der Waals surface area (Å²) in [6.45, 7) is 2.18. The van der Waals surface area contributed by atoms with E-state index in [-0.39, 0.29) is 0 Å². The molecule has 0 amide bonds. The van der Waals surface area contributed by atoms with Crippen molar-refractivity contribution in [2.45, 2.75) is 19.8 Å². The van der Waals surface area contributed by atoms with Crippen molar-refractivity contribution in [1.82, 2.24) is 0 Å². The van der Waals surface area contributed by atoms with Gasteiger partial charge in [0.1, 0.15) is 0 Å². The van der Waals surface area contributed by atoms with Crippen LogP contribution in [-0.2, 0) is 0 Å². The molecule has 0 aliphatic carbocycles. The summed E-state index contributed by atoms with van der Waals surface area (Å²) >= 11 is 9.01. The summed E-state index contributed by atoms with van der Waals surface area (Å²) in [5, 5.41) is 1.05. The van der Waals surface area contributed by atoms with Crippen LogP contribution in [0.3, 0.4) is 0 Å². The molecule has 0 rings (SSSR count). The van der Waals surface area contributed by atoms with E-state index < -0.39 is 0 Å². The van der Waals surface area contributed by atoms with E-state index in [1.807, 2.05) is 0 Å². The first-order valence-electron chi connectivity index (χ1n) is 2.97. The zero-order valence-electron chi connectivity index (χ0n) is 5.16. The van der Waals surface area contributed by atoms with Gasteiger partial charge >= 0.3 is 0 Å². The molecule has 0 aromatic heterocycles. The number of hydrogen-bond donors (Lipinski definition) is 0. The average molecular weight is 200 g/mol. The van der Waals surface area contributed by atoms with E-state index in [1.165, 1.54) is 12.8 Å². The molecule has 1 atom stereocenters. The zero-order chi connectivity index (χ0) is 6.41. The van der Waals surface area contributed by atoms with Crippen molar-refractivity contribution < 1.29 is 0 Å². The third kappa shape index (κ3) is 3.73. The predicted octanol–water partition coefficient (Wildman–Crippen LogP) is 3.04. The molecule has 0 fully saturated rings. The summed E-state index contributed by atoms with van der Waals surface area (Å²) in [7, 11) is 0. The first kappa shape index (κ1) is 8.77. The fourth-order valence-corrected chi connectivity index (χ4v) is 1.68. The van der Waals surface area contributed by atoms with E-state index in [0.29, 0.717) is 5.92 Å². The standard InChI is InChI=1S/C6H12BrCl/c1-2-3-6(4-7)5-8/h6H,2-5H2,1H3. The van der Waals surface area contributed by atoms with Crippen LogP contribution in [0.15, 0.2) is 0 Å². The molecule has 8 heavy (non-hydrogen) atoms. The van der Waals surface area contributed by atoms with Crippen LogP contribution < -0.4 is 0 Å². The highest BCUT2D eigenvalue weighted by Gasteiger charge is 2.01. The molecule has 0 aromatic rings. The lowest BCUT2D eigenvalue weighted by Crippen LogP contribution is -2.01. The molecule has 0 aliphatic heterocycles. The Morgan fingerprint density at radius 3 is 2.38 bits per heavy atom. The minimum Gasteiger partial charge on any atom is -0.126 e. The summed E-state index contributed by atoms with van der Waals surface area (Å²) in [6.07, 6.45) is 2.48. The Hall–Kier alpha value is 0.770. The maximum atomic E-state index is 5.62. The molecule has 0 aromatic carbocycles. The maximum Gasteiger partial charge on any atom is 0.0259 e. The molecule has 0 spiro atoms. The van der Waals surface area contributed by atoms with Crippen molar-refractivity contribution in [3.05, 3.63) is 0 Å². The largest absolute Gasteiger partial charge is 0.126 e. The van der Waals surface area contributed by atoms with Crippen molar-refractivity contribution in [2.75, 3.05) is 11.2 Å². The summed E-state index contributed by atoms with van der Waals surface area (Å²) in [5.74, 6) is 1.47. The Balaban J connectivity index is 3.07. The number of alkyl halides is 2. The van der Waals surface area contributed by atoms with Crippen LogP contribution in [0, 0.1) is 5.92 Å². The lowest BCUT2D eigenvalue weighted by Gasteiger charge is -2.05. The molecular weight excluding hydrogens is 187 g/mol. The Labute approximate surface area is 64.7 Å². The molecule has 0 saturated carbocycles. The Kier molecular flexibility index (Phi) is 6.47. The first-order valence-corrected chi connectivity index (χ1v) is 4.62. The van der Waals surface area contributed by atoms with Gasteiger partial charge in [0.15, 0.2) is 0 Å². The van der Waals surface area contributed by atoms with Gasteiger partial charge in [-0.15, -0.1) is 11.6 Å². The van der Waals surface area contributed by atoms with Crippen molar-refractivity contribution in [1.29, 1.82) is 0 Å². The number of rotatable bonds is 4. The van der Waals surface area contributed by atoms with E-state index in [9.17, 15) is 0 Å². The molecule has 0 N–H and O–H groups in total. The predicted molar refractivity (Wildman–Crippen MR) is 42.9 cm³/mol. The molecule has 0 nitrogen and oxygen atoms in total. The van der Waals surface area contributed by atoms with Gasteiger partial charge in [0.2, 0.25) is 0 Å². The van der Waals surface area contributed by atoms with Gasteiger partial charge in [-0.3, -0.25) is 0 Å². The van der Waals surface area contributed by atoms with E-state index in [2.05, 4.69) is 22.9 Å². The van der Waals surface area contributed by atoms with Crippen LogP contribution in [0.4, 0.5) is 0 Å². The molecule has 0 heterocycles. The van der Waals surface area contributed by atoms with Crippen LogP contribution in [0.25, 0.3) is 0 Å². The normalized spacial score (nSPS) is 13.9. The van der Waals surface area contributed by atoms with Gasteiger partial charge in [-0.25, -0.2) is 0 Å². The Morgan fingerprint density at radius 2 is 2.25 bits per heavy atom. The van der Waals surface area contributed by atoms with Gasteiger partial charge in [-0.05, 0) is 12.3 Å². The Bertz CT molecular complexity index is 43.8. The summed E-state index contributed by atoms with van der Waals surface area (Å²) in [5.41, 5.74) is 0. The van der Waals surface area contributed by atoms with Gasteiger partial charge in [0.25, 0.3) is 0 Å². The zero-order valence-corrected chi connectivity index (χ0v) is 7.50. The molecule has 0 saturated heterocycles. The van der Waals surface area contributed by atoms with Crippen LogP contribution in [0.1, 0.15) is 19.8 Å². The second-order valence-corrected chi connectivity index (χ2v) is 2.92. The lowest BCUT2D eigenvalue weighted by molar-refractivity contribution is 0.594. The van der Waals surface area contributed by atoms with Crippen molar-refractivity contribution in [2.24, 2.45) is 5.92 Å².